The number of hydrogen-bond acceptors (Lipinski definition) is 2. The molecule has 0 saturated carbocycles. The predicted octanol–water partition coefficient (Wildman–Crippen LogP) is 5.70. The maximum atomic E-state index is 5.14. The summed E-state index contributed by atoms with van der Waals surface area (Å²) >= 11 is 0. The molecular weight excluding hydrogens is 306 g/mol. The van der Waals surface area contributed by atoms with Crippen molar-refractivity contribution in [3.63, 3.8) is 0 Å². The summed E-state index contributed by atoms with van der Waals surface area (Å²) in [6, 6.07) is 25.2. The highest BCUT2D eigenvalue weighted by molar-refractivity contribution is 6.06. The third-order valence-electron chi connectivity index (χ3n) is 4.36. The van der Waals surface area contributed by atoms with Gasteiger partial charge in [-0.1, -0.05) is 66.7 Å². The number of methoxy groups -OCH3 is 1. The zero-order valence-electron chi connectivity index (χ0n) is 14.1. The molecule has 4 aromatic rings. The van der Waals surface area contributed by atoms with Crippen LogP contribution in [0.2, 0.25) is 0 Å². The SMILES string of the molecule is COCc1ccc(/C=C/c2ccc3c(ccc4ccccc43)n2)cc1. The van der Waals surface area contributed by atoms with Gasteiger partial charge in [0.25, 0.3) is 0 Å². The minimum Gasteiger partial charge on any atom is -0.380 e. The van der Waals surface area contributed by atoms with E-state index >= 15 is 0 Å². The summed E-state index contributed by atoms with van der Waals surface area (Å²) < 4.78 is 5.14. The second-order valence-electron chi connectivity index (χ2n) is 6.10. The highest BCUT2D eigenvalue weighted by atomic mass is 16.5. The van der Waals surface area contributed by atoms with Crippen LogP contribution in [0.25, 0.3) is 33.8 Å². The maximum Gasteiger partial charge on any atom is 0.0715 e. The van der Waals surface area contributed by atoms with Crippen LogP contribution >= 0.6 is 0 Å². The summed E-state index contributed by atoms with van der Waals surface area (Å²) in [4.78, 5) is 4.78. The lowest BCUT2D eigenvalue weighted by molar-refractivity contribution is 0.185. The Morgan fingerprint density at radius 1 is 0.800 bits per heavy atom. The molecule has 0 saturated heterocycles. The molecule has 25 heavy (non-hydrogen) atoms. The smallest absolute Gasteiger partial charge is 0.0715 e. The fraction of sp³-hybridized carbons (Fsp3) is 0.0870. The van der Waals surface area contributed by atoms with Crippen molar-refractivity contribution in [2.75, 3.05) is 7.11 Å². The third kappa shape index (κ3) is 3.30. The summed E-state index contributed by atoms with van der Waals surface area (Å²) in [5.41, 5.74) is 4.32. The summed E-state index contributed by atoms with van der Waals surface area (Å²) in [6.45, 7) is 0.643. The molecule has 3 aromatic carbocycles. The van der Waals surface area contributed by atoms with Gasteiger partial charge < -0.3 is 4.74 Å². The summed E-state index contributed by atoms with van der Waals surface area (Å²) in [5.74, 6) is 0. The Morgan fingerprint density at radius 2 is 1.64 bits per heavy atom. The summed E-state index contributed by atoms with van der Waals surface area (Å²) in [5, 5.41) is 3.69. The molecule has 0 atom stereocenters. The number of ether oxygens (including phenoxy) is 1. The van der Waals surface area contributed by atoms with Gasteiger partial charge in [0.2, 0.25) is 0 Å². The van der Waals surface area contributed by atoms with Crippen molar-refractivity contribution in [3.8, 4) is 0 Å². The molecule has 1 heterocycles. The van der Waals surface area contributed by atoms with E-state index in [0.29, 0.717) is 6.61 Å². The van der Waals surface area contributed by atoms with Crippen LogP contribution in [-0.2, 0) is 11.3 Å². The lowest BCUT2D eigenvalue weighted by Crippen LogP contribution is -1.87. The Morgan fingerprint density at radius 3 is 2.48 bits per heavy atom. The van der Waals surface area contributed by atoms with Crippen molar-refractivity contribution >= 4 is 33.8 Å². The molecule has 0 bridgehead atoms. The molecule has 4 rings (SSSR count). The maximum absolute atomic E-state index is 5.14. The molecule has 0 fully saturated rings. The topological polar surface area (TPSA) is 22.1 Å². The molecule has 122 valence electrons. The average Bonchev–Trinajstić information content (AvgIpc) is 2.67. The van der Waals surface area contributed by atoms with Crippen LogP contribution in [0.4, 0.5) is 0 Å². The van der Waals surface area contributed by atoms with Crippen LogP contribution in [0.5, 0.6) is 0 Å². The molecule has 2 heteroatoms. The molecular formula is C23H19NO. The Balaban J connectivity index is 1.64. The van der Waals surface area contributed by atoms with Gasteiger partial charge in [0.1, 0.15) is 0 Å². The van der Waals surface area contributed by atoms with E-state index in [-0.39, 0.29) is 0 Å². The minimum absolute atomic E-state index is 0.643. The van der Waals surface area contributed by atoms with Crippen molar-refractivity contribution in [1.29, 1.82) is 0 Å². The second-order valence-corrected chi connectivity index (χ2v) is 6.10. The van der Waals surface area contributed by atoms with Crippen LogP contribution in [0.1, 0.15) is 16.8 Å². The first-order valence-electron chi connectivity index (χ1n) is 8.38. The van der Waals surface area contributed by atoms with E-state index in [0.717, 1.165) is 16.8 Å². The molecule has 0 spiro atoms. The van der Waals surface area contributed by atoms with Crippen LogP contribution in [-0.4, -0.2) is 12.1 Å². The first-order valence-corrected chi connectivity index (χ1v) is 8.38. The van der Waals surface area contributed by atoms with Crippen LogP contribution in [0, 0.1) is 0 Å². The average molecular weight is 325 g/mol. The van der Waals surface area contributed by atoms with E-state index in [9.17, 15) is 0 Å². The molecule has 0 amide bonds. The predicted molar refractivity (Wildman–Crippen MR) is 105 cm³/mol. The van der Waals surface area contributed by atoms with Crippen LogP contribution in [0.3, 0.4) is 0 Å². The van der Waals surface area contributed by atoms with Gasteiger partial charge in [-0.15, -0.1) is 0 Å². The molecule has 0 aliphatic heterocycles. The van der Waals surface area contributed by atoms with Gasteiger partial charge in [-0.05, 0) is 40.1 Å². The monoisotopic (exact) mass is 325 g/mol. The Kier molecular flexibility index (Phi) is 4.28. The Hall–Kier alpha value is -2.97. The van der Waals surface area contributed by atoms with E-state index in [1.807, 2.05) is 0 Å². The van der Waals surface area contributed by atoms with Crippen molar-refractivity contribution in [2.45, 2.75) is 6.61 Å². The molecule has 2 nitrogen and oxygen atoms in total. The van der Waals surface area contributed by atoms with Crippen LogP contribution < -0.4 is 0 Å². The molecule has 1 aromatic heterocycles. The zero-order chi connectivity index (χ0) is 17.1. The van der Waals surface area contributed by atoms with E-state index in [1.54, 1.807) is 7.11 Å². The highest BCUT2D eigenvalue weighted by Crippen LogP contribution is 2.24. The van der Waals surface area contributed by atoms with Gasteiger partial charge in [-0.25, -0.2) is 4.98 Å². The minimum atomic E-state index is 0.643. The zero-order valence-corrected chi connectivity index (χ0v) is 14.1. The number of aromatic nitrogens is 1. The molecule has 0 N–H and O–H groups in total. The highest BCUT2D eigenvalue weighted by Gasteiger charge is 2.01. The van der Waals surface area contributed by atoms with Crippen molar-refractivity contribution in [2.24, 2.45) is 0 Å². The number of nitrogens with zero attached hydrogens (tertiary/aromatic N) is 1. The fourth-order valence-electron chi connectivity index (χ4n) is 3.07. The number of rotatable bonds is 4. The van der Waals surface area contributed by atoms with Crippen LogP contribution in [0.15, 0.2) is 72.8 Å². The molecule has 0 aliphatic carbocycles. The quantitative estimate of drug-likeness (QED) is 0.449. The second kappa shape index (κ2) is 6.88. The number of pyridine rings is 1. The Labute approximate surface area is 147 Å². The van der Waals surface area contributed by atoms with E-state index < -0.39 is 0 Å². The number of fused-ring (bicyclic) bond motifs is 3. The van der Waals surface area contributed by atoms with Gasteiger partial charge >= 0.3 is 0 Å². The summed E-state index contributed by atoms with van der Waals surface area (Å²) in [7, 11) is 1.71. The molecule has 0 aliphatic rings. The van der Waals surface area contributed by atoms with Crippen molar-refractivity contribution in [1.82, 2.24) is 4.98 Å². The standard InChI is InChI=1S/C23H19NO/c1-25-16-18-8-6-17(7-9-18)10-12-20-13-14-22-21-5-3-2-4-19(21)11-15-23(22)24-20/h2-15H,16H2,1H3/b12-10+. The van der Waals surface area contributed by atoms with Gasteiger partial charge in [-0.2, -0.15) is 0 Å². The summed E-state index contributed by atoms with van der Waals surface area (Å²) in [6.07, 6.45) is 4.14. The number of hydrogen-bond donors (Lipinski definition) is 0. The van der Waals surface area contributed by atoms with Gasteiger partial charge in [0, 0.05) is 12.5 Å². The third-order valence-corrected chi connectivity index (χ3v) is 4.36. The van der Waals surface area contributed by atoms with E-state index in [1.165, 1.54) is 21.7 Å². The van der Waals surface area contributed by atoms with Crippen molar-refractivity contribution < 1.29 is 4.74 Å². The van der Waals surface area contributed by atoms with Gasteiger partial charge in [0.15, 0.2) is 0 Å². The normalized spacial score (nSPS) is 11.6. The van der Waals surface area contributed by atoms with Gasteiger partial charge in [0.05, 0.1) is 17.8 Å². The van der Waals surface area contributed by atoms with Gasteiger partial charge in [-0.3, -0.25) is 0 Å². The largest absolute Gasteiger partial charge is 0.380 e. The first-order chi connectivity index (χ1) is 12.3. The number of benzene rings is 3. The van der Waals surface area contributed by atoms with E-state index in [4.69, 9.17) is 9.72 Å². The first kappa shape index (κ1) is 15.6. The van der Waals surface area contributed by atoms with Crippen molar-refractivity contribution in [3.05, 3.63) is 89.6 Å². The molecule has 0 radical (unpaired) electrons. The lowest BCUT2D eigenvalue weighted by Gasteiger charge is -2.04. The fourth-order valence-corrected chi connectivity index (χ4v) is 3.07. The van der Waals surface area contributed by atoms with E-state index in [2.05, 4.69) is 84.9 Å². The Bertz CT molecular complexity index is 1050. The lowest BCUT2D eigenvalue weighted by atomic mass is 10.0. The molecule has 0 unspecified atom stereocenters.